The topological polar surface area (TPSA) is 213 Å². The van der Waals surface area contributed by atoms with Crippen LogP contribution in [0.4, 0.5) is 26.7 Å². The number of aliphatic carboxylic acids is 3. The van der Waals surface area contributed by atoms with Crippen molar-refractivity contribution in [1.82, 2.24) is 20.1 Å². The van der Waals surface area contributed by atoms with Gasteiger partial charge in [0, 0.05) is 55.8 Å². The van der Waals surface area contributed by atoms with Crippen molar-refractivity contribution >= 4 is 46.7 Å². The molecule has 280 valence electrons. The maximum atomic E-state index is 14.8. The van der Waals surface area contributed by atoms with Gasteiger partial charge in [-0.25, -0.2) is 28.1 Å². The second-order valence-electron chi connectivity index (χ2n) is 10.8. The summed E-state index contributed by atoms with van der Waals surface area (Å²) in [6, 6.07) is 10.2. The lowest BCUT2D eigenvalue weighted by Crippen LogP contribution is -2.53. The van der Waals surface area contributed by atoms with Gasteiger partial charge in [-0.05, 0) is 19.4 Å². The minimum atomic E-state index is -5.08. The van der Waals surface area contributed by atoms with Crippen molar-refractivity contribution in [2.24, 2.45) is 5.92 Å². The first-order chi connectivity index (χ1) is 24.4. The van der Waals surface area contributed by atoms with Crippen LogP contribution in [-0.2, 0) is 23.9 Å². The van der Waals surface area contributed by atoms with E-state index in [9.17, 15) is 56.1 Å². The molecule has 15 nitrogen and oxygen atoms in total. The normalized spacial score (nSPS) is 14.0. The average Bonchev–Trinajstić information content (AvgIpc) is 3.08. The zero-order chi connectivity index (χ0) is 38.7. The van der Waals surface area contributed by atoms with Crippen LogP contribution >= 0.6 is 0 Å². The molecule has 0 aliphatic carbocycles. The number of halogens is 5. The van der Waals surface area contributed by atoms with Crippen LogP contribution in [0.15, 0.2) is 48.5 Å². The van der Waals surface area contributed by atoms with E-state index in [4.69, 9.17) is 19.4 Å². The standard InChI is InChI=1S/C30H30F2N4O9.C2HF3O2/c1-2-44-30(43)36-12-10-35(11-13-36)27(38)19(28(39)40)8-9-33-26(37)22-16-23(20-14-18(31)15-21(32)24(20)34-22)45-25(29(41)42)17-6-4-3-5-7-17;3-2(4,5)1(6)7/h3-7,14-16,19,25H,2,8-13H2,1H3,(H,33,37)(H,39,40)(H,41,42);(H,6,7). The van der Waals surface area contributed by atoms with Crippen molar-refractivity contribution in [2.45, 2.75) is 25.6 Å². The second kappa shape index (κ2) is 17.7. The van der Waals surface area contributed by atoms with Gasteiger partial charge in [0.05, 0.1) is 6.61 Å². The quantitative estimate of drug-likeness (QED) is 0.164. The van der Waals surface area contributed by atoms with Crippen LogP contribution in [0.1, 0.15) is 35.5 Å². The molecule has 2 unspecified atom stereocenters. The Bertz CT molecular complexity index is 1800. The van der Waals surface area contributed by atoms with E-state index in [1.165, 1.54) is 21.9 Å². The van der Waals surface area contributed by atoms with Gasteiger partial charge in [-0.3, -0.25) is 14.4 Å². The molecular formula is C32H31F5N4O11. The predicted octanol–water partition coefficient (Wildman–Crippen LogP) is 3.47. The molecule has 3 aromatic rings. The minimum absolute atomic E-state index is 0.101. The zero-order valence-electron chi connectivity index (χ0n) is 27.1. The molecule has 3 amide bonds. The van der Waals surface area contributed by atoms with E-state index in [0.29, 0.717) is 6.07 Å². The molecular weight excluding hydrogens is 711 g/mol. The van der Waals surface area contributed by atoms with Gasteiger partial charge in [-0.15, -0.1) is 0 Å². The molecule has 2 aromatic carbocycles. The van der Waals surface area contributed by atoms with Crippen LogP contribution in [0.25, 0.3) is 10.9 Å². The van der Waals surface area contributed by atoms with Gasteiger partial charge < -0.3 is 39.9 Å². The number of aromatic nitrogens is 1. The number of ether oxygens (including phenoxy) is 2. The Balaban J connectivity index is 0.000000944. The van der Waals surface area contributed by atoms with E-state index in [2.05, 4.69) is 10.3 Å². The average molecular weight is 743 g/mol. The summed E-state index contributed by atoms with van der Waals surface area (Å²) in [5.41, 5.74) is -0.658. The zero-order valence-corrected chi connectivity index (χ0v) is 27.1. The molecule has 1 aromatic heterocycles. The fraction of sp³-hybridized carbons (Fsp3) is 0.344. The number of carboxylic acid groups (broad SMARTS) is 3. The van der Waals surface area contributed by atoms with Crippen molar-refractivity contribution < 1.29 is 75.5 Å². The summed E-state index contributed by atoms with van der Waals surface area (Å²) in [6.07, 6.45) is -7.51. The molecule has 1 saturated heterocycles. The number of amides is 3. The maximum Gasteiger partial charge on any atom is 0.490 e. The summed E-state index contributed by atoms with van der Waals surface area (Å²) in [6.45, 7) is 2.09. The summed E-state index contributed by atoms with van der Waals surface area (Å²) in [5, 5.41) is 28.8. The number of benzene rings is 2. The molecule has 20 heteroatoms. The number of fused-ring (bicyclic) bond motifs is 1. The van der Waals surface area contributed by atoms with E-state index in [1.54, 1.807) is 25.1 Å². The van der Waals surface area contributed by atoms with Crippen LogP contribution in [0.5, 0.6) is 5.75 Å². The maximum absolute atomic E-state index is 14.8. The molecule has 1 fully saturated rings. The van der Waals surface area contributed by atoms with Gasteiger partial charge >= 0.3 is 30.2 Å². The van der Waals surface area contributed by atoms with E-state index < -0.39 is 76.9 Å². The summed E-state index contributed by atoms with van der Waals surface area (Å²) >= 11 is 0. The van der Waals surface area contributed by atoms with E-state index in [-0.39, 0.29) is 62.5 Å². The Kier molecular flexibility index (Phi) is 13.8. The molecule has 0 spiro atoms. The highest BCUT2D eigenvalue weighted by Crippen LogP contribution is 2.32. The molecule has 1 aliphatic heterocycles. The van der Waals surface area contributed by atoms with Gasteiger partial charge in [-0.1, -0.05) is 30.3 Å². The van der Waals surface area contributed by atoms with Gasteiger partial charge in [0.1, 0.15) is 28.7 Å². The molecule has 4 rings (SSSR count). The Morgan fingerprint density at radius 2 is 1.50 bits per heavy atom. The SMILES string of the molecule is CCOC(=O)N1CCN(C(=O)C(CCNC(=O)c2cc(OC(C(=O)O)c3ccccc3)c3cc(F)cc(F)c3n2)C(=O)O)CC1.O=C(O)C(F)(F)F. The monoisotopic (exact) mass is 742 g/mol. The summed E-state index contributed by atoms with van der Waals surface area (Å²) in [4.78, 5) is 77.5. The van der Waals surface area contributed by atoms with Crippen molar-refractivity contribution in [3.8, 4) is 5.75 Å². The summed E-state index contributed by atoms with van der Waals surface area (Å²) < 4.78 is 71.2. The smallest absolute Gasteiger partial charge is 0.481 e. The lowest BCUT2D eigenvalue weighted by molar-refractivity contribution is -0.192. The summed E-state index contributed by atoms with van der Waals surface area (Å²) in [7, 11) is 0. The number of alkyl halides is 3. The number of rotatable bonds is 11. The highest BCUT2D eigenvalue weighted by molar-refractivity contribution is 5.98. The van der Waals surface area contributed by atoms with E-state index in [0.717, 1.165) is 12.1 Å². The van der Waals surface area contributed by atoms with Crippen molar-refractivity contribution in [3.63, 3.8) is 0 Å². The van der Waals surface area contributed by atoms with Gasteiger partial charge in [0.2, 0.25) is 12.0 Å². The first kappa shape index (κ1) is 40.4. The molecule has 2 heterocycles. The Morgan fingerprint density at radius 3 is 2.04 bits per heavy atom. The third-order valence-electron chi connectivity index (χ3n) is 7.27. The van der Waals surface area contributed by atoms with Crippen LogP contribution in [0, 0.1) is 17.6 Å². The lowest BCUT2D eigenvalue weighted by Gasteiger charge is -2.35. The number of carbonyl (C=O) groups excluding carboxylic acids is 3. The molecule has 52 heavy (non-hydrogen) atoms. The molecule has 0 saturated carbocycles. The van der Waals surface area contributed by atoms with Gasteiger partial charge in [0.15, 0.2) is 5.82 Å². The molecule has 2 atom stereocenters. The highest BCUT2D eigenvalue weighted by atomic mass is 19.4. The third-order valence-corrected chi connectivity index (χ3v) is 7.27. The highest BCUT2D eigenvalue weighted by Gasteiger charge is 2.38. The third kappa shape index (κ3) is 10.7. The van der Waals surface area contributed by atoms with Crippen LogP contribution in [0.3, 0.4) is 0 Å². The van der Waals surface area contributed by atoms with Crippen LogP contribution in [0.2, 0.25) is 0 Å². The number of hydrogen-bond acceptors (Lipinski definition) is 9. The second-order valence-corrected chi connectivity index (χ2v) is 10.8. The Morgan fingerprint density at radius 1 is 0.904 bits per heavy atom. The first-order valence-electron chi connectivity index (χ1n) is 15.2. The van der Waals surface area contributed by atoms with Crippen LogP contribution in [-0.4, -0.2) is 111 Å². The van der Waals surface area contributed by atoms with Crippen molar-refractivity contribution in [3.05, 3.63) is 71.4 Å². The van der Waals surface area contributed by atoms with Crippen LogP contribution < -0.4 is 10.1 Å². The molecule has 0 radical (unpaired) electrons. The van der Waals surface area contributed by atoms with E-state index >= 15 is 0 Å². The summed E-state index contributed by atoms with van der Waals surface area (Å²) in [5.74, 6) is -11.1. The number of hydrogen-bond donors (Lipinski definition) is 4. The largest absolute Gasteiger partial charge is 0.490 e. The Hall–Kier alpha value is -6.08. The minimum Gasteiger partial charge on any atom is -0.481 e. The van der Waals surface area contributed by atoms with Gasteiger partial charge in [0.25, 0.3) is 5.91 Å². The number of carbonyl (C=O) groups is 6. The first-order valence-corrected chi connectivity index (χ1v) is 15.2. The number of pyridine rings is 1. The molecule has 0 bridgehead atoms. The van der Waals surface area contributed by atoms with Crippen molar-refractivity contribution in [2.75, 3.05) is 39.3 Å². The lowest BCUT2D eigenvalue weighted by atomic mass is 10.0. The van der Waals surface area contributed by atoms with E-state index in [1.807, 2.05) is 0 Å². The number of piperazine rings is 1. The number of nitrogens with zero attached hydrogens (tertiary/aromatic N) is 3. The predicted molar refractivity (Wildman–Crippen MR) is 166 cm³/mol. The number of carboxylic acids is 3. The molecule has 1 aliphatic rings. The molecule has 4 N–H and O–H groups in total. The Labute approximate surface area is 290 Å². The fourth-order valence-corrected chi connectivity index (χ4v) is 4.77. The van der Waals surface area contributed by atoms with Crippen molar-refractivity contribution in [1.29, 1.82) is 0 Å². The van der Waals surface area contributed by atoms with Gasteiger partial charge in [-0.2, -0.15) is 13.2 Å². The number of nitrogens with one attached hydrogen (secondary N) is 1. The fourth-order valence-electron chi connectivity index (χ4n) is 4.77.